The second-order valence-electron chi connectivity index (χ2n) is 9.70. The number of aliphatic hydroxyl groups excluding tert-OH is 1. The van der Waals surface area contributed by atoms with E-state index in [1.807, 2.05) is 45.2 Å². The fourth-order valence-corrected chi connectivity index (χ4v) is 4.21. The second-order valence-corrected chi connectivity index (χ2v) is 10.7. The van der Waals surface area contributed by atoms with Gasteiger partial charge in [-0.25, -0.2) is 4.79 Å². The van der Waals surface area contributed by atoms with Crippen LogP contribution in [0.5, 0.6) is 0 Å². The molecule has 8 nitrogen and oxygen atoms in total. The van der Waals surface area contributed by atoms with Gasteiger partial charge in [0.15, 0.2) is 0 Å². The van der Waals surface area contributed by atoms with Crippen molar-refractivity contribution in [3.63, 3.8) is 0 Å². The van der Waals surface area contributed by atoms with Crippen LogP contribution in [0, 0.1) is 13.8 Å². The van der Waals surface area contributed by atoms with Crippen molar-refractivity contribution in [3.8, 4) is 0 Å². The zero-order valence-corrected chi connectivity index (χ0v) is 23.1. The summed E-state index contributed by atoms with van der Waals surface area (Å²) < 4.78 is 5.37. The number of thioether (sulfide) groups is 1. The van der Waals surface area contributed by atoms with Gasteiger partial charge in [0.2, 0.25) is 11.8 Å². The molecule has 0 aromatic heterocycles. The third kappa shape index (κ3) is 10.9. The molecule has 2 unspecified atom stereocenters. The monoisotopic (exact) mass is 509 g/mol. The van der Waals surface area contributed by atoms with Crippen molar-refractivity contribution in [2.45, 2.75) is 78.5 Å². The lowest BCUT2D eigenvalue weighted by Gasteiger charge is -2.34. The summed E-state index contributed by atoms with van der Waals surface area (Å²) in [4.78, 5) is 41.1. The first-order chi connectivity index (χ1) is 16.4. The van der Waals surface area contributed by atoms with Crippen LogP contribution in [0.4, 0.5) is 4.79 Å². The lowest BCUT2D eigenvalue weighted by Crippen LogP contribution is -2.54. The van der Waals surface area contributed by atoms with Crippen LogP contribution in [0.15, 0.2) is 18.2 Å². The van der Waals surface area contributed by atoms with E-state index in [1.165, 1.54) is 4.90 Å². The molecule has 1 aromatic rings. The summed E-state index contributed by atoms with van der Waals surface area (Å²) in [7, 11) is 0. The van der Waals surface area contributed by atoms with Gasteiger partial charge < -0.3 is 25.4 Å². The van der Waals surface area contributed by atoms with Crippen LogP contribution in [0.2, 0.25) is 0 Å². The number of ether oxygens (including phenoxy) is 1. The van der Waals surface area contributed by atoms with Crippen LogP contribution >= 0.6 is 11.8 Å². The van der Waals surface area contributed by atoms with E-state index < -0.39 is 29.7 Å². The van der Waals surface area contributed by atoms with Crippen molar-refractivity contribution in [2.75, 3.05) is 31.7 Å². The van der Waals surface area contributed by atoms with Gasteiger partial charge in [-0.1, -0.05) is 42.7 Å². The number of aliphatic hydroxyl groups is 1. The van der Waals surface area contributed by atoms with Gasteiger partial charge in [-0.15, -0.1) is 0 Å². The molecular formula is C26H43N3O5S. The Morgan fingerprint density at radius 1 is 1.14 bits per heavy atom. The van der Waals surface area contributed by atoms with E-state index in [-0.39, 0.29) is 19.1 Å². The van der Waals surface area contributed by atoms with E-state index >= 15 is 0 Å². The van der Waals surface area contributed by atoms with Gasteiger partial charge in [0.05, 0.1) is 6.61 Å². The van der Waals surface area contributed by atoms with Gasteiger partial charge >= 0.3 is 6.09 Å². The maximum Gasteiger partial charge on any atom is 0.408 e. The first-order valence-electron chi connectivity index (χ1n) is 12.2. The number of nitrogens with one attached hydrogen (secondary N) is 2. The third-order valence-corrected chi connectivity index (χ3v) is 5.82. The van der Waals surface area contributed by atoms with Crippen LogP contribution in [0.25, 0.3) is 0 Å². The molecule has 35 heavy (non-hydrogen) atoms. The van der Waals surface area contributed by atoms with Crippen molar-refractivity contribution in [1.29, 1.82) is 0 Å². The largest absolute Gasteiger partial charge is 0.444 e. The molecule has 0 aliphatic heterocycles. The Morgan fingerprint density at radius 2 is 1.77 bits per heavy atom. The molecular weight excluding hydrogens is 466 g/mol. The molecule has 0 aliphatic rings. The first kappa shape index (κ1) is 30.8. The number of benzene rings is 1. The molecule has 0 fully saturated rings. The Hall–Kier alpha value is -2.26. The summed E-state index contributed by atoms with van der Waals surface area (Å²) in [6.45, 7) is 11.3. The maximum absolute atomic E-state index is 13.8. The Morgan fingerprint density at radius 3 is 2.29 bits per heavy atom. The second kappa shape index (κ2) is 15.0. The summed E-state index contributed by atoms with van der Waals surface area (Å²) in [5, 5.41) is 15.5. The first-order valence-corrected chi connectivity index (χ1v) is 13.6. The standard InChI is InChI=1S/C26H43N3O5S/c1-8-9-11-27-23(31)22(20-16-18(2)15-19(3)17-20)29(12-13-30)24(32)21(10-14-35-7)28-25(33)34-26(4,5)6/h15-17,21-22,30H,8-14H2,1-7H3,(H,27,31)(H,28,33). The van der Waals surface area contributed by atoms with Gasteiger partial charge in [-0.3, -0.25) is 9.59 Å². The average Bonchev–Trinajstić information content (AvgIpc) is 2.74. The van der Waals surface area contributed by atoms with Gasteiger partial charge in [-0.2, -0.15) is 11.8 Å². The summed E-state index contributed by atoms with van der Waals surface area (Å²) in [6.07, 6.45) is 3.31. The molecule has 0 radical (unpaired) electrons. The Labute approximate surface area is 214 Å². The number of amides is 3. The highest BCUT2D eigenvalue weighted by molar-refractivity contribution is 7.98. The number of nitrogens with zero attached hydrogens (tertiary/aromatic N) is 1. The smallest absolute Gasteiger partial charge is 0.408 e. The Kier molecular flexibility index (Phi) is 13.2. The topological polar surface area (TPSA) is 108 Å². The minimum atomic E-state index is -0.942. The molecule has 0 heterocycles. The van der Waals surface area contributed by atoms with E-state index in [0.29, 0.717) is 24.3 Å². The number of hydrogen-bond donors (Lipinski definition) is 3. The molecule has 3 amide bonds. The van der Waals surface area contributed by atoms with Crippen molar-refractivity contribution < 1.29 is 24.2 Å². The highest BCUT2D eigenvalue weighted by Gasteiger charge is 2.36. The van der Waals surface area contributed by atoms with E-state index in [0.717, 1.165) is 24.0 Å². The number of unbranched alkanes of at least 4 members (excludes halogenated alkanes) is 1. The van der Waals surface area contributed by atoms with E-state index in [2.05, 4.69) is 10.6 Å². The van der Waals surface area contributed by atoms with Crippen LogP contribution in [0.1, 0.15) is 69.7 Å². The SMILES string of the molecule is CCCCNC(=O)C(c1cc(C)cc(C)c1)N(CCO)C(=O)C(CCSC)NC(=O)OC(C)(C)C. The van der Waals surface area contributed by atoms with Crippen molar-refractivity contribution in [2.24, 2.45) is 0 Å². The molecule has 2 atom stereocenters. The predicted molar refractivity (Wildman–Crippen MR) is 142 cm³/mol. The lowest BCUT2D eigenvalue weighted by atomic mass is 9.98. The minimum absolute atomic E-state index is 0.0521. The number of aryl methyl sites for hydroxylation is 2. The van der Waals surface area contributed by atoms with Crippen molar-refractivity contribution in [1.82, 2.24) is 15.5 Å². The average molecular weight is 510 g/mol. The summed E-state index contributed by atoms with van der Waals surface area (Å²) in [6, 6.07) is 3.92. The molecule has 0 aliphatic carbocycles. The number of carbonyl (C=O) groups is 3. The molecule has 0 saturated heterocycles. The quantitative estimate of drug-likeness (QED) is 0.350. The summed E-state index contributed by atoms with van der Waals surface area (Å²) in [5.74, 6) is -0.129. The summed E-state index contributed by atoms with van der Waals surface area (Å²) in [5.41, 5.74) is 1.88. The van der Waals surface area contributed by atoms with E-state index in [1.54, 1.807) is 32.5 Å². The number of rotatable bonds is 13. The van der Waals surface area contributed by atoms with Crippen LogP contribution in [-0.4, -0.2) is 71.3 Å². The maximum atomic E-state index is 13.8. The normalized spacial score (nSPS) is 13.0. The Balaban J connectivity index is 3.41. The van der Waals surface area contributed by atoms with Gasteiger partial charge in [0.25, 0.3) is 0 Å². The molecule has 0 saturated carbocycles. The molecule has 3 N–H and O–H groups in total. The molecule has 9 heteroatoms. The lowest BCUT2D eigenvalue weighted by molar-refractivity contribution is -0.143. The zero-order chi connectivity index (χ0) is 26.6. The minimum Gasteiger partial charge on any atom is -0.444 e. The zero-order valence-electron chi connectivity index (χ0n) is 22.3. The van der Waals surface area contributed by atoms with Crippen LogP contribution in [0.3, 0.4) is 0 Å². The molecule has 1 aromatic carbocycles. The van der Waals surface area contributed by atoms with Crippen molar-refractivity contribution >= 4 is 29.7 Å². The molecule has 0 spiro atoms. The fraction of sp³-hybridized carbons (Fsp3) is 0.654. The highest BCUT2D eigenvalue weighted by Crippen LogP contribution is 2.25. The molecule has 0 bridgehead atoms. The third-order valence-electron chi connectivity index (χ3n) is 5.17. The number of carbonyl (C=O) groups excluding carboxylic acids is 3. The van der Waals surface area contributed by atoms with Gasteiger partial charge in [-0.05, 0) is 65.0 Å². The van der Waals surface area contributed by atoms with Crippen molar-refractivity contribution in [3.05, 3.63) is 34.9 Å². The van der Waals surface area contributed by atoms with E-state index in [9.17, 15) is 19.5 Å². The molecule has 198 valence electrons. The predicted octanol–water partition coefficient (Wildman–Crippen LogP) is 3.73. The highest BCUT2D eigenvalue weighted by atomic mass is 32.2. The molecule has 1 rings (SSSR count). The van der Waals surface area contributed by atoms with E-state index in [4.69, 9.17) is 4.74 Å². The van der Waals surface area contributed by atoms with Crippen LogP contribution in [-0.2, 0) is 14.3 Å². The number of alkyl carbamates (subject to hydrolysis) is 1. The fourth-order valence-electron chi connectivity index (χ4n) is 3.74. The van der Waals surface area contributed by atoms with Crippen LogP contribution < -0.4 is 10.6 Å². The van der Waals surface area contributed by atoms with Gasteiger partial charge in [0.1, 0.15) is 17.7 Å². The number of hydrogen-bond acceptors (Lipinski definition) is 6. The van der Waals surface area contributed by atoms with Gasteiger partial charge in [0, 0.05) is 13.1 Å². The summed E-state index contributed by atoms with van der Waals surface area (Å²) >= 11 is 1.55. The Bertz CT molecular complexity index is 821.